The van der Waals surface area contributed by atoms with Gasteiger partial charge in [0.15, 0.2) is 0 Å². The smallest absolute Gasteiger partial charge is 0.273 e. The van der Waals surface area contributed by atoms with Gasteiger partial charge in [-0.1, -0.05) is 17.9 Å². The first-order valence-electron chi connectivity index (χ1n) is 7.77. The van der Waals surface area contributed by atoms with E-state index in [1.165, 1.54) is 32.0 Å². The highest BCUT2D eigenvalue weighted by molar-refractivity contribution is 5.96. The van der Waals surface area contributed by atoms with Crippen molar-refractivity contribution in [1.82, 2.24) is 5.32 Å². The number of carbonyl (C=O) groups is 2. The van der Waals surface area contributed by atoms with Crippen LogP contribution in [0.4, 0.5) is 11.4 Å². The molecule has 2 N–H and O–H groups in total. The molecule has 0 aliphatic rings. The Morgan fingerprint density at radius 1 is 1.15 bits per heavy atom. The Bertz CT molecular complexity index is 909. The summed E-state index contributed by atoms with van der Waals surface area (Å²) < 4.78 is 0. The number of nitro benzene ring substituents is 1. The molecule has 2 amide bonds. The van der Waals surface area contributed by atoms with Crippen LogP contribution in [0.5, 0.6) is 0 Å². The number of nitrogens with zero attached hydrogens (tertiary/aromatic N) is 1. The molecule has 7 heteroatoms. The second-order valence-corrected chi connectivity index (χ2v) is 5.45. The minimum Gasteiger partial charge on any atom is -0.341 e. The van der Waals surface area contributed by atoms with Crippen LogP contribution < -0.4 is 10.6 Å². The molecule has 0 aromatic heterocycles. The summed E-state index contributed by atoms with van der Waals surface area (Å²) in [6, 6.07) is 11.3. The minimum atomic E-state index is -0.517. The Hall–Kier alpha value is -3.66. The Kier molecular flexibility index (Phi) is 6.06. The van der Waals surface area contributed by atoms with Crippen LogP contribution >= 0.6 is 0 Å². The lowest BCUT2D eigenvalue weighted by Crippen LogP contribution is -2.24. The quantitative estimate of drug-likeness (QED) is 0.502. The van der Waals surface area contributed by atoms with Crippen molar-refractivity contribution in [3.8, 4) is 11.8 Å². The van der Waals surface area contributed by atoms with Crippen molar-refractivity contribution in [2.75, 3.05) is 11.9 Å². The number of hydrogen-bond acceptors (Lipinski definition) is 4. The zero-order valence-corrected chi connectivity index (χ0v) is 14.3. The molecule has 0 bridgehead atoms. The van der Waals surface area contributed by atoms with Gasteiger partial charge < -0.3 is 10.6 Å². The average molecular weight is 351 g/mol. The lowest BCUT2D eigenvalue weighted by molar-refractivity contribution is -0.385. The zero-order valence-electron chi connectivity index (χ0n) is 14.3. The van der Waals surface area contributed by atoms with Crippen molar-refractivity contribution in [3.63, 3.8) is 0 Å². The van der Waals surface area contributed by atoms with Crippen LogP contribution in [0.3, 0.4) is 0 Å². The topological polar surface area (TPSA) is 101 Å². The molecular weight excluding hydrogens is 334 g/mol. The van der Waals surface area contributed by atoms with Gasteiger partial charge in [-0.15, -0.1) is 0 Å². The van der Waals surface area contributed by atoms with E-state index in [1.54, 1.807) is 24.3 Å². The van der Waals surface area contributed by atoms with Crippen molar-refractivity contribution in [2.24, 2.45) is 0 Å². The maximum absolute atomic E-state index is 12.2. The summed E-state index contributed by atoms with van der Waals surface area (Å²) in [4.78, 5) is 33.5. The first-order valence-corrected chi connectivity index (χ1v) is 7.77. The van der Waals surface area contributed by atoms with Crippen molar-refractivity contribution in [3.05, 3.63) is 69.3 Å². The predicted molar refractivity (Wildman–Crippen MR) is 97.8 cm³/mol. The molecule has 7 nitrogen and oxygen atoms in total. The first kappa shape index (κ1) is 18.7. The molecule has 0 aliphatic heterocycles. The maximum atomic E-state index is 12.2. The Morgan fingerprint density at radius 2 is 1.85 bits per heavy atom. The van der Waals surface area contributed by atoms with E-state index in [-0.39, 0.29) is 23.7 Å². The summed E-state index contributed by atoms with van der Waals surface area (Å²) in [6.45, 7) is 3.07. The largest absolute Gasteiger partial charge is 0.341 e. The Balaban J connectivity index is 1.97. The normalized spacial score (nSPS) is 9.62. The molecule has 0 fully saturated rings. The van der Waals surface area contributed by atoms with Crippen LogP contribution in [0, 0.1) is 28.9 Å². The fraction of sp³-hybridized carbons (Fsp3) is 0.158. The molecule has 2 aromatic carbocycles. The van der Waals surface area contributed by atoms with E-state index < -0.39 is 10.8 Å². The third kappa shape index (κ3) is 4.92. The Morgan fingerprint density at radius 3 is 2.46 bits per heavy atom. The van der Waals surface area contributed by atoms with Crippen molar-refractivity contribution in [2.45, 2.75) is 13.8 Å². The maximum Gasteiger partial charge on any atom is 0.273 e. The molecule has 0 aliphatic carbocycles. The molecule has 0 heterocycles. The minimum absolute atomic E-state index is 0.0944. The SMILES string of the molecule is CC(=O)Nc1ccc(C#CCNC(=O)c2cccc([N+](=O)[O-])c2C)cc1. The number of benzene rings is 2. The summed E-state index contributed by atoms with van der Waals surface area (Å²) in [5.74, 6) is 5.14. The predicted octanol–water partition coefficient (Wildman–Crippen LogP) is 2.64. The van der Waals surface area contributed by atoms with Gasteiger partial charge in [-0.25, -0.2) is 0 Å². The van der Waals surface area contributed by atoms with Gasteiger partial charge in [0.25, 0.3) is 11.6 Å². The molecule has 0 saturated carbocycles. The van der Waals surface area contributed by atoms with Gasteiger partial charge in [0.1, 0.15) is 0 Å². The standard InChI is InChI=1S/C19H17N3O4/c1-13-17(6-3-7-18(13)22(25)26)19(24)20-12-4-5-15-8-10-16(11-9-15)21-14(2)23/h3,6-11H,12H2,1-2H3,(H,20,24)(H,21,23). The molecule has 0 atom stereocenters. The van der Waals surface area contributed by atoms with E-state index in [0.717, 1.165) is 5.56 Å². The number of rotatable bonds is 4. The van der Waals surface area contributed by atoms with E-state index in [4.69, 9.17) is 0 Å². The van der Waals surface area contributed by atoms with Gasteiger partial charge in [0.05, 0.1) is 11.5 Å². The highest BCUT2D eigenvalue weighted by Crippen LogP contribution is 2.20. The van der Waals surface area contributed by atoms with Crippen LogP contribution in [0.1, 0.15) is 28.4 Å². The van der Waals surface area contributed by atoms with Crippen LogP contribution in [0.25, 0.3) is 0 Å². The van der Waals surface area contributed by atoms with E-state index in [0.29, 0.717) is 11.3 Å². The first-order chi connectivity index (χ1) is 12.4. The van der Waals surface area contributed by atoms with Gasteiger partial charge in [-0.05, 0) is 37.3 Å². The summed E-state index contributed by atoms with van der Waals surface area (Å²) in [7, 11) is 0. The Labute approximate surface area is 150 Å². The van der Waals surface area contributed by atoms with E-state index in [1.807, 2.05) is 0 Å². The van der Waals surface area contributed by atoms with Crippen LogP contribution in [-0.4, -0.2) is 23.3 Å². The fourth-order valence-corrected chi connectivity index (χ4v) is 2.27. The lowest BCUT2D eigenvalue weighted by atomic mass is 10.1. The van der Waals surface area contributed by atoms with Crippen molar-refractivity contribution < 1.29 is 14.5 Å². The fourth-order valence-electron chi connectivity index (χ4n) is 2.27. The zero-order chi connectivity index (χ0) is 19.1. The highest BCUT2D eigenvalue weighted by atomic mass is 16.6. The molecular formula is C19H17N3O4. The highest BCUT2D eigenvalue weighted by Gasteiger charge is 2.17. The van der Waals surface area contributed by atoms with E-state index in [2.05, 4.69) is 22.5 Å². The molecule has 0 radical (unpaired) electrons. The monoisotopic (exact) mass is 351 g/mol. The van der Waals surface area contributed by atoms with Crippen LogP contribution in [0.2, 0.25) is 0 Å². The second-order valence-electron chi connectivity index (χ2n) is 5.45. The summed E-state index contributed by atoms with van der Waals surface area (Å²) in [5, 5.41) is 16.2. The van der Waals surface area contributed by atoms with Crippen molar-refractivity contribution in [1.29, 1.82) is 0 Å². The molecule has 0 unspecified atom stereocenters. The number of amides is 2. The van der Waals surface area contributed by atoms with Crippen molar-refractivity contribution >= 4 is 23.2 Å². The summed E-state index contributed by atoms with van der Waals surface area (Å²) in [5.41, 5.74) is 1.89. The lowest BCUT2D eigenvalue weighted by Gasteiger charge is -2.05. The number of hydrogen-bond donors (Lipinski definition) is 2. The summed E-state index contributed by atoms with van der Waals surface area (Å²) >= 11 is 0. The van der Waals surface area contributed by atoms with Gasteiger partial charge in [-0.3, -0.25) is 19.7 Å². The average Bonchev–Trinajstić information content (AvgIpc) is 2.59. The van der Waals surface area contributed by atoms with Gasteiger partial charge >= 0.3 is 0 Å². The van der Waals surface area contributed by atoms with E-state index >= 15 is 0 Å². The number of nitrogens with one attached hydrogen (secondary N) is 2. The number of nitro groups is 1. The third-order valence-electron chi connectivity index (χ3n) is 3.52. The molecule has 132 valence electrons. The van der Waals surface area contributed by atoms with Gasteiger partial charge in [0, 0.05) is 35.4 Å². The van der Waals surface area contributed by atoms with Crippen LogP contribution in [0.15, 0.2) is 42.5 Å². The van der Waals surface area contributed by atoms with E-state index in [9.17, 15) is 19.7 Å². The number of anilines is 1. The van der Waals surface area contributed by atoms with Gasteiger partial charge in [-0.2, -0.15) is 0 Å². The number of carbonyl (C=O) groups excluding carboxylic acids is 2. The summed E-state index contributed by atoms with van der Waals surface area (Å²) in [6.07, 6.45) is 0. The third-order valence-corrected chi connectivity index (χ3v) is 3.52. The molecule has 26 heavy (non-hydrogen) atoms. The molecule has 0 saturated heterocycles. The molecule has 2 aromatic rings. The van der Waals surface area contributed by atoms with Gasteiger partial charge in [0.2, 0.25) is 5.91 Å². The molecule has 2 rings (SSSR count). The van der Waals surface area contributed by atoms with Crippen LogP contribution in [-0.2, 0) is 4.79 Å². The second kappa shape index (κ2) is 8.44. The molecule has 0 spiro atoms.